The van der Waals surface area contributed by atoms with Crippen LogP contribution >= 0.6 is 0 Å². The van der Waals surface area contributed by atoms with Gasteiger partial charge in [0.1, 0.15) is 0 Å². The molecule has 0 radical (unpaired) electrons. The van der Waals surface area contributed by atoms with E-state index in [1.165, 1.54) is 18.4 Å². The Labute approximate surface area is 121 Å². The quantitative estimate of drug-likeness (QED) is 0.627. The fourth-order valence-corrected chi connectivity index (χ4v) is 2.53. The third-order valence-electron chi connectivity index (χ3n) is 3.70. The summed E-state index contributed by atoms with van der Waals surface area (Å²) < 4.78 is 0. The summed E-state index contributed by atoms with van der Waals surface area (Å²) in [6.45, 7) is 2.20. The maximum Gasteiger partial charge on any atom is 0.163 e. The molecule has 1 heteroatoms. The van der Waals surface area contributed by atoms with Crippen LogP contribution in [0.4, 0.5) is 0 Å². The molecule has 0 fully saturated rings. The van der Waals surface area contributed by atoms with Gasteiger partial charge in [0.15, 0.2) is 5.78 Å². The minimum absolute atomic E-state index is 0.246. The first-order valence-electron chi connectivity index (χ1n) is 7.44. The largest absolute Gasteiger partial charge is 0.294 e. The second-order valence-corrected chi connectivity index (χ2v) is 5.24. The number of Topliss-reactive ketones (excluding diaryl/α,β-unsaturated/α-hetero) is 1. The average molecular weight is 266 g/mol. The number of ketones is 1. The summed E-state index contributed by atoms with van der Waals surface area (Å²) in [7, 11) is 0. The fraction of sp³-hybridized carbons (Fsp3) is 0.316. The van der Waals surface area contributed by atoms with Crippen molar-refractivity contribution in [3.05, 3.63) is 71.8 Å². The third kappa shape index (κ3) is 4.06. The second-order valence-electron chi connectivity index (χ2n) is 5.24. The molecule has 0 bridgehead atoms. The standard InChI is InChI=1S/C19H22O/c1-2-3-10-18(16-11-6-4-7-12-16)15-19(20)17-13-8-5-9-14-17/h4-9,11-14,18H,2-3,10,15H2,1H3. The van der Waals surface area contributed by atoms with Gasteiger partial charge in [0.2, 0.25) is 0 Å². The number of hydrogen-bond acceptors (Lipinski definition) is 1. The predicted molar refractivity (Wildman–Crippen MR) is 84.1 cm³/mol. The Morgan fingerprint density at radius 2 is 1.55 bits per heavy atom. The van der Waals surface area contributed by atoms with Gasteiger partial charge in [-0.05, 0) is 17.9 Å². The summed E-state index contributed by atoms with van der Waals surface area (Å²) in [5.74, 6) is 0.583. The normalized spacial score (nSPS) is 12.1. The molecule has 0 spiro atoms. The Bertz CT molecular complexity index is 516. The zero-order chi connectivity index (χ0) is 14.2. The molecule has 0 aliphatic rings. The van der Waals surface area contributed by atoms with Gasteiger partial charge in [0.25, 0.3) is 0 Å². The lowest BCUT2D eigenvalue weighted by atomic mass is 9.87. The summed E-state index contributed by atoms with van der Waals surface area (Å²) in [6, 6.07) is 20.0. The maximum absolute atomic E-state index is 12.4. The highest BCUT2D eigenvalue weighted by Crippen LogP contribution is 2.27. The van der Waals surface area contributed by atoms with Crippen LogP contribution in [-0.2, 0) is 0 Å². The van der Waals surface area contributed by atoms with Crippen molar-refractivity contribution >= 4 is 5.78 Å². The van der Waals surface area contributed by atoms with Crippen LogP contribution in [0.2, 0.25) is 0 Å². The van der Waals surface area contributed by atoms with Crippen LogP contribution in [0.25, 0.3) is 0 Å². The summed E-state index contributed by atoms with van der Waals surface area (Å²) in [6.07, 6.45) is 4.03. The Balaban J connectivity index is 2.10. The van der Waals surface area contributed by atoms with E-state index in [1.807, 2.05) is 36.4 Å². The monoisotopic (exact) mass is 266 g/mol. The SMILES string of the molecule is CCCCC(CC(=O)c1ccccc1)c1ccccc1. The highest BCUT2D eigenvalue weighted by Gasteiger charge is 2.16. The van der Waals surface area contributed by atoms with E-state index in [2.05, 4.69) is 31.2 Å². The Kier molecular flexibility index (Phi) is 5.55. The number of hydrogen-bond donors (Lipinski definition) is 0. The molecule has 2 aromatic carbocycles. The van der Waals surface area contributed by atoms with Gasteiger partial charge < -0.3 is 0 Å². The van der Waals surface area contributed by atoms with Gasteiger partial charge in [0, 0.05) is 12.0 Å². The second kappa shape index (κ2) is 7.64. The molecule has 0 aromatic heterocycles. The van der Waals surface area contributed by atoms with Gasteiger partial charge >= 0.3 is 0 Å². The van der Waals surface area contributed by atoms with Crippen molar-refractivity contribution in [1.29, 1.82) is 0 Å². The highest BCUT2D eigenvalue weighted by atomic mass is 16.1. The van der Waals surface area contributed by atoms with Gasteiger partial charge in [-0.25, -0.2) is 0 Å². The Morgan fingerprint density at radius 1 is 0.950 bits per heavy atom. The van der Waals surface area contributed by atoms with E-state index in [-0.39, 0.29) is 5.78 Å². The van der Waals surface area contributed by atoms with Crippen LogP contribution in [0.15, 0.2) is 60.7 Å². The molecule has 0 amide bonds. The van der Waals surface area contributed by atoms with Gasteiger partial charge in [-0.15, -0.1) is 0 Å². The van der Waals surface area contributed by atoms with Crippen molar-refractivity contribution in [1.82, 2.24) is 0 Å². The number of rotatable bonds is 7. The average Bonchev–Trinajstić information content (AvgIpc) is 2.53. The molecule has 0 saturated heterocycles. The maximum atomic E-state index is 12.4. The van der Waals surface area contributed by atoms with Crippen LogP contribution in [-0.4, -0.2) is 5.78 Å². The molecule has 20 heavy (non-hydrogen) atoms. The van der Waals surface area contributed by atoms with Gasteiger partial charge in [-0.1, -0.05) is 80.4 Å². The van der Waals surface area contributed by atoms with E-state index in [4.69, 9.17) is 0 Å². The van der Waals surface area contributed by atoms with Crippen LogP contribution in [0.5, 0.6) is 0 Å². The number of carbonyl (C=O) groups excluding carboxylic acids is 1. The van der Waals surface area contributed by atoms with Gasteiger partial charge in [0.05, 0.1) is 0 Å². The molecule has 104 valence electrons. The minimum Gasteiger partial charge on any atom is -0.294 e. The molecule has 0 saturated carbocycles. The lowest BCUT2D eigenvalue weighted by Gasteiger charge is -2.16. The summed E-state index contributed by atoms with van der Waals surface area (Å²) in [5, 5.41) is 0. The van der Waals surface area contributed by atoms with E-state index in [1.54, 1.807) is 0 Å². The van der Waals surface area contributed by atoms with E-state index in [9.17, 15) is 4.79 Å². The zero-order valence-electron chi connectivity index (χ0n) is 12.1. The van der Waals surface area contributed by atoms with Gasteiger partial charge in [-0.3, -0.25) is 4.79 Å². The molecule has 1 nitrogen and oxygen atoms in total. The van der Waals surface area contributed by atoms with Crippen molar-refractivity contribution in [2.24, 2.45) is 0 Å². The first kappa shape index (κ1) is 14.5. The highest BCUT2D eigenvalue weighted by molar-refractivity contribution is 5.96. The molecule has 0 heterocycles. The van der Waals surface area contributed by atoms with Gasteiger partial charge in [-0.2, -0.15) is 0 Å². The number of carbonyl (C=O) groups is 1. The van der Waals surface area contributed by atoms with E-state index in [0.717, 1.165) is 12.0 Å². The summed E-state index contributed by atoms with van der Waals surface area (Å²) >= 11 is 0. The molecular formula is C19H22O. The number of unbranched alkanes of at least 4 members (excludes halogenated alkanes) is 1. The third-order valence-corrected chi connectivity index (χ3v) is 3.70. The first-order valence-corrected chi connectivity index (χ1v) is 7.44. The van der Waals surface area contributed by atoms with E-state index < -0.39 is 0 Å². The number of benzene rings is 2. The van der Waals surface area contributed by atoms with Crippen LogP contribution < -0.4 is 0 Å². The molecule has 2 rings (SSSR count). The van der Waals surface area contributed by atoms with Crippen molar-refractivity contribution in [2.45, 2.75) is 38.5 Å². The lowest BCUT2D eigenvalue weighted by Crippen LogP contribution is -2.08. The Morgan fingerprint density at radius 3 is 2.15 bits per heavy atom. The van der Waals surface area contributed by atoms with E-state index >= 15 is 0 Å². The minimum atomic E-state index is 0.246. The molecule has 0 aliphatic heterocycles. The van der Waals surface area contributed by atoms with Crippen molar-refractivity contribution in [3.8, 4) is 0 Å². The fourth-order valence-electron chi connectivity index (χ4n) is 2.53. The van der Waals surface area contributed by atoms with Crippen molar-refractivity contribution < 1.29 is 4.79 Å². The van der Waals surface area contributed by atoms with Crippen LogP contribution in [0, 0.1) is 0 Å². The molecule has 1 atom stereocenters. The smallest absolute Gasteiger partial charge is 0.163 e. The topological polar surface area (TPSA) is 17.1 Å². The molecule has 0 aliphatic carbocycles. The van der Waals surface area contributed by atoms with Crippen LogP contribution in [0.3, 0.4) is 0 Å². The van der Waals surface area contributed by atoms with Crippen LogP contribution in [0.1, 0.15) is 54.4 Å². The zero-order valence-corrected chi connectivity index (χ0v) is 12.1. The molecule has 0 N–H and O–H groups in total. The lowest BCUT2D eigenvalue weighted by molar-refractivity contribution is 0.0972. The summed E-state index contributed by atoms with van der Waals surface area (Å²) in [4.78, 5) is 12.4. The van der Waals surface area contributed by atoms with Crippen molar-refractivity contribution in [2.75, 3.05) is 0 Å². The van der Waals surface area contributed by atoms with Crippen molar-refractivity contribution in [3.63, 3.8) is 0 Å². The predicted octanol–water partition coefficient (Wildman–Crippen LogP) is 5.23. The molecule has 1 unspecified atom stereocenters. The molecule has 2 aromatic rings. The summed E-state index contributed by atoms with van der Waals surface area (Å²) in [5.41, 5.74) is 2.11. The van der Waals surface area contributed by atoms with E-state index in [0.29, 0.717) is 12.3 Å². The molecular weight excluding hydrogens is 244 g/mol. The Hall–Kier alpha value is -1.89. The first-order chi connectivity index (χ1) is 9.81.